The van der Waals surface area contributed by atoms with Gasteiger partial charge in [-0.2, -0.15) is 0 Å². The number of ether oxygens (including phenoxy) is 2. The van der Waals surface area contributed by atoms with Crippen LogP contribution < -0.4 is 4.74 Å². The summed E-state index contributed by atoms with van der Waals surface area (Å²) in [4.78, 5) is 10.9. The van der Waals surface area contributed by atoms with Crippen molar-refractivity contribution in [1.29, 1.82) is 0 Å². The van der Waals surface area contributed by atoms with E-state index in [1.807, 2.05) is 20.8 Å². The Morgan fingerprint density at radius 1 is 1.44 bits per heavy atom. The zero-order chi connectivity index (χ0) is 12.2. The molecule has 0 fully saturated rings. The molecule has 0 spiro atoms. The van der Waals surface area contributed by atoms with E-state index in [0.29, 0.717) is 19.0 Å². The van der Waals surface area contributed by atoms with E-state index in [1.165, 1.54) is 6.07 Å². The molecule has 0 saturated carbocycles. The minimum atomic E-state index is -0.925. The van der Waals surface area contributed by atoms with Gasteiger partial charge in [0.2, 0.25) is 0 Å². The van der Waals surface area contributed by atoms with Gasteiger partial charge in [0.1, 0.15) is 17.2 Å². The van der Waals surface area contributed by atoms with Gasteiger partial charge in [0.15, 0.2) is 0 Å². The smallest absolute Gasteiger partial charge is 0.346 e. The third-order valence-electron chi connectivity index (χ3n) is 1.67. The number of hydrogen-bond donors (Lipinski definition) is 1. The third-order valence-corrected chi connectivity index (χ3v) is 2.57. The highest BCUT2D eigenvalue weighted by molar-refractivity contribution is 7.12. The van der Waals surface area contributed by atoms with Gasteiger partial charge < -0.3 is 14.6 Å². The monoisotopic (exact) mass is 244 g/mol. The first-order valence-corrected chi connectivity index (χ1v) is 5.85. The first-order valence-electron chi connectivity index (χ1n) is 4.97. The zero-order valence-electron chi connectivity index (χ0n) is 9.65. The van der Waals surface area contributed by atoms with Crippen LogP contribution in [0.1, 0.15) is 30.4 Å². The highest BCUT2D eigenvalue weighted by Crippen LogP contribution is 2.21. The quantitative estimate of drug-likeness (QED) is 0.809. The van der Waals surface area contributed by atoms with Crippen LogP contribution in [-0.2, 0) is 4.74 Å². The van der Waals surface area contributed by atoms with Crippen LogP contribution in [-0.4, -0.2) is 29.9 Å². The van der Waals surface area contributed by atoms with Crippen molar-refractivity contribution in [2.45, 2.75) is 26.4 Å². The topological polar surface area (TPSA) is 55.8 Å². The van der Waals surface area contributed by atoms with Crippen LogP contribution in [0, 0.1) is 0 Å². The molecule has 0 amide bonds. The van der Waals surface area contributed by atoms with Gasteiger partial charge in [-0.1, -0.05) is 0 Å². The van der Waals surface area contributed by atoms with Crippen LogP contribution in [0.2, 0.25) is 0 Å². The molecule has 0 unspecified atom stereocenters. The fourth-order valence-corrected chi connectivity index (χ4v) is 1.68. The fraction of sp³-hybridized carbons (Fsp3) is 0.545. The van der Waals surface area contributed by atoms with Crippen molar-refractivity contribution >= 4 is 17.3 Å². The Labute approximate surface area is 98.8 Å². The Morgan fingerprint density at radius 2 is 2.12 bits per heavy atom. The maximum atomic E-state index is 10.6. The summed E-state index contributed by atoms with van der Waals surface area (Å²) >= 11 is 1.16. The van der Waals surface area contributed by atoms with Gasteiger partial charge in [0.05, 0.1) is 12.2 Å². The van der Waals surface area contributed by atoms with Crippen LogP contribution >= 0.6 is 11.3 Å². The van der Waals surface area contributed by atoms with Gasteiger partial charge in [-0.15, -0.1) is 11.3 Å². The number of rotatable bonds is 5. The molecular formula is C11H16O4S. The summed E-state index contributed by atoms with van der Waals surface area (Å²) < 4.78 is 10.8. The molecule has 0 bridgehead atoms. The van der Waals surface area contributed by atoms with Gasteiger partial charge in [-0.3, -0.25) is 0 Å². The molecule has 0 aliphatic heterocycles. The largest absolute Gasteiger partial charge is 0.490 e. The molecule has 5 heteroatoms. The van der Waals surface area contributed by atoms with Crippen molar-refractivity contribution in [3.05, 3.63) is 16.3 Å². The molecule has 90 valence electrons. The molecule has 4 nitrogen and oxygen atoms in total. The van der Waals surface area contributed by atoms with Gasteiger partial charge in [0.25, 0.3) is 0 Å². The molecule has 0 radical (unpaired) electrons. The summed E-state index contributed by atoms with van der Waals surface area (Å²) in [7, 11) is 0. The van der Waals surface area contributed by atoms with Crippen LogP contribution in [0.3, 0.4) is 0 Å². The summed E-state index contributed by atoms with van der Waals surface area (Å²) in [6, 6.07) is 1.52. The number of carboxylic acids is 1. The van der Waals surface area contributed by atoms with Crippen molar-refractivity contribution in [2.24, 2.45) is 0 Å². The predicted octanol–water partition coefficient (Wildman–Crippen LogP) is 2.64. The molecule has 0 aliphatic rings. The lowest BCUT2D eigenvalue weighted by Gasteiger charge is -2.19. The van der Waals surface area contributed by atoms with E-state index in [-0.39, 0.29) is 10.5 Å². The first kappa shape index (κ1) is 13.0. The van der Waals surface area contributed by atoms with E-state index in [9.17, 15) is 4.79 Å². The average Bonchev–Trinajstić information content (AvgIpc) is 2.59. The van der Waals surface area contributed by atoms with Crippen molar-refractivity contribution in [3.63, 3.8) is 0 Å². The standard InChI is InChI=1S/C11H16O4S/c1-11(2,3)15-5-4-14-8-6-9(10(12)13)16-7-8/h6-7H,4-5H2,1-3H3,(H,12,13). The highest BCUT2D eigenvalue weighted by Gasteiger charge is 2.10. The molecule has 1 heterocycles. The van der Waals surface area contributed by atoms with Gasteiger partial charge >= 0.3 is 5.97 Å². The molecule has 0 saturated heterocycles. The number of thiophene rings is 1. The number of hydrogen-bond acceptors (Lipinski definition) is 4. The Bertz CT molecular complexity index is 351. The zero-order valence-corrected chi connectivity index (χ0v) is 10.5. The van der Waals surface area contributed by atoms with Crippen LogP contribution in [0.4, 0.5) is 0 Å². The molecule has 1 rings (SSSR count). The third kappa shape index (κ3) is 4.63. The second-order valence-electron chi connectivity index (χ2n) is 4.26. The minimum absolute atomic E-state index is 0.176. The molecule has 1 aromatic heterocycles. The molecule has 0 aromatic carbocycles. The summed E-state index contributed by atoms with van der Waals surface area (Å²) in [5, 5.41) is 10.4. The molecule has 0 atom stereocenters. The van der Waals surface area contributed by atoms with E-state index < -0.39 is 5.97 Å². The summed E-state index contributed by atoms with van der Waals surface area (Å²) in [6.45, 7) is 6.83. The maximum absolute atomic E-state index is 10.6. The Kier molecular flexibility index (Phi) is 4.32. The second kappa shape index (κ2) is 5.32. The SMILES string of the molecule is CC(C)(C)OCCOc1csc(C(=O)O)c1. The normalized spacial score (nSPS) is 11.4. The minimum Gasteiger partial charge on any atom is -0.490 e. The van der Waals surface area contributed by atoms with E-state index in [0.717, 1.165) is 11.3 Å². The molecular weight excluding hydrogens is 228 g/mol. The summed E-state index contributed by atoms with van der Waals surface area (Å²) in [5.41, 5.74) is -0.176. The Hall–Kier alpha value is -1.07. The first-order chi connectivity index (χ1) is 7.38. The Balaban J connectivity index is 2.30. The lowest BCUT2D eigenvalue weighted by Crippen LogP contribution is -2.22. The van der Waals surface area contributed by atoms with Gasteiger partial charge in [-0.05, 0) is 20.8 Å². The van der Waals surface area contributed by atoms with Crippen LogP contribution in [0.15, 0.2) is 11.4 Å². The second-order valence-corrected chi connectivity index (χ2v) is 5.17. The number of aromatic carboxylic acids is 1. The van der Waals surface area contributed by atoms with E-state index in [1.54, 1.807) is 5.38 Å². The van der Waals surface area contributed by atoms with Crippen molar-refractivity contribution in [3.8, 4) is 5.75 Å². The van der Waals surface area contributed by atoms with E-state index >= 15 is 0 Å². The van der Waals surface area contributed by atoms with E-state index in [4.69, 9.17) is 14.6 Å². The highest BCUT2D eigenvalue weighted by atomic mass is 32.1. The molecule has 1 N–H and O–H groups in total. The lowest BCUT2D eigenvalue weighted by molar-refractivity contribution is -0.0162. The van der Waals surface area contributed by atoms with Crippen LogP contribution in [0.25, 0.3) is 0 Å². The Morgan fingerprint density at radius 3 is 2.62 bits per heavy atom. The molecule has 16 heavy (non-hydrogen) atoms. The van der Waals surface area contributed by atoms with Crippen molar-refractivity contribution in [1.82, 2.24) is 0 Å². The van der Waals surface area contributed by atoms with Gasteiger partial charge in [0, 0.05) is 11.4 Å². The summed E-state index contributed by atoms with van der Waals surface area (Å²) in [5.74, 6) is -0.342. The maximum Gasteiger partial charge on any atom is 0.346 e. The van der Waals surface area contributed by atoms with Crippen LogP contribution in [0.5, 0.6) is 5.75 Å². The van der Waals surface area contributed by atoms with Gasteiger partial charge in [-0.25, -0.2) is 4.79 Å². The molecule has 0 aliphatic carbocycles. The van der Waals surface area contributed by atoms with Crippen molar-refractivity contribution < 1.29 is 19.4 Å². The average molecular weight is 244 g/mol. The summed E-state index contributed by atoms with van der Waals surface area (Å²) in [6.07, 6.45) is 0. The van der Waals surface area contributed by atoms with E-state index in [2.05, 4.69) is 0 Å². The fourth-order valence-electron chi connectivity index (χ4n) is 1.01. The molecule has 1 aromatic rings. The number of carbonyl (C=O) groups is 1. The predicted molar refractivity (Wildman–Crippen MR) is 62.5 cm³/mol. The van der Waals surface area contributed by atoms with Crippen molar-refractivity contribution in [2.75, 3.05) is 13.2 Å². The lowest BCUT2D eigenvalue weighted by atomic mass is 10.2. The number of carboxylic acid groups (broad SMARTS) is 1.